The van der Waals surface area contributed by atoms with Crippen LogP contribution < -0.4 is 5.32 Å². The number of anilines is 1. The summed E-state index contributed by atoms with van der Waals surface area (Å²) in [6.07, 6.45) is 0.719. The largest absolute Gasteiger partial charge is 0.373 e. The molecule has 2 aromatic rings. The molecule has 1 N–H and O–H groups in total. The van der Waals surface area contributed by atoms with E-state index < -0.39 is 0 Å². The van der Waals surface area contributed by atoms with Crippen LogP contribution in [0.15, 0.2) is 5.38 Å². The van der Waals surface area contributed by atoms with Gasteiger partial charge in [0.2, 0.25) is 0 Å². The van der Waals surface area contributed by atoms with Crippen LogP contribution in [0.3, 0.4) is 0 Å². The van der Waals surface area contributed by atoms with Gasteiger partial charge in [0.05, 0.1) is 22.8 Å². The molecule has 94 valence electrons. The molecule has 0 saturated heterocycles. The molecule has 0 unspecified atom stereocenters. The van der Waals surface area contributed by atoms with E-state index >= 15 is 0 Å². The minimum atomic E-state index is 0.719. The van der Waals surface area contributed by atoms with Crippen LogP contribution >= 0.6 is 23.1 Å². The van der Waals surface area contributed by atoms with Crippen molar-refractivity contribution < 1.29 is 0 Å². The average Bonchev–Trinajstić information content (AvgIpc) is 2.97. The zero-order valence-corrected chi connectivity index (χ0v) is 12.0. The van der Waals surface area contributed by atoms with Gasteiger partial charge in [-0.05, 0) is 6.92 Å². The summed E-state index contributed by atoms with van der Waals surface area (Å²) >= 11 is 3.57. The summed E-state index contributed by atoms with van der Waals surface area (Å²) in [4.78, 5) is 13.7. The Balaban J connectivity index is 1.93. The third kappa shape index (κ3) is 2.22. The van der Waals surface area contributed by atoms with E-state index in [1.807, 2.05) is 25.7 Å². The lowest BCUT2D eigenvalue weighted by Gasteiger charge is -2.08. The highest BCUT2D eigenvalue weighted by molar-refractivity contribution is 7.98. The molecule has 18 heavy (non-hydrogen) atoms. The maximum atomic E-state index is 4.66. The first-order valence-corrected chi connectivity index (χ1v) is 7.85. The van der Waals surface area contributed by atoms with Crippen molar-refractivity contribution >= 4 is 28.9 Å². The van der Waals surface area contributed by atoms with Gasteiger partial charge in [-0.1, -0.05) is 0 Å². The summed E-state index contributed by atoms with van der Waals surface area (Å²) in [5.74, 6) is 3.86. The fourth-order valence-corrected chi connectivity index (χ4v) is 3.69. The van der Waals surface area contributed by atoms with Crippen LogP contribution in [0.5, 0.6) is 0 Å². The standard InChI is InChI=1S/C12H14N4S2/c1-7-14-8(4-18-7)3-11-15-10-6-17-5-9(10)12(13-2)16-11/h4H,3,5-6H2,1-2H3,(H,13,15,16). The van der Waals surface area contributed by atoms with Crippen molar-refractivity contribution in [2.45, 2.75) is 24.9 Å². The molecule has 0 spiro atoms. The smallest absolute Gasteiger partial charge is 0.137 e. The molecule has 0 bridgehead atoms. The third-order valence-electron chi connectivity index (χ3n) is 2.87. The topological polar surface area (TPSA) is 50.7 Å². The van der Waals surface area contributed by atoms with Crippen molar-refractivity contribution in [3.63, 3.8) is 0 Å². The minimum absolute atomic E-state index is 0.719. The fraction of sp³-hybridized carbons (Fsp3) is 0.417. The molecule has 0 aliphatic carbocycles. The number of aryl methyl sites for hydroxylation is 1. The molecular weight excluding hydrogens is 264 g/mol. The van der Waals surface area contributed by atoms with Gasteiger partial charge in [0.1, 0.15) is 11.6 Å². The number of thiazole rings is 1. The van der Waals surface area contributed by atoms with Crippen LogP contribution in [0.25, 0.3) is 0 Å². The number of rotatable bonds is 3. The first kappa shape index (κ1) is 11.9. The monoisotopic (exact) mass is 278 g/mol. The molecule has 0 fully saturated rings. The van der Waals surface area contributed by atoms with Gasteiger partial charge in [0.15, 0.2) is 0 Å². The molecule has 3 rings (SSSR count). The number of thioether (sulfide) groups is 1. The molecule has 0 aromatic carbocycles. The minimum Gasteiger partial charge on any atom is -0.373 e. The van der Waals surface area contributed by atoms with Crippen molar-refractivity contribution in [2.24, 2.45) is 0 Å². The van der Waals surface area contributed by atoms with Crippen LogP contribution in [0, 0.1) is 6.92 Å². The van der Waals surface area contributed by atoms with E-state index in [1.54, 1.807) is 11.3 Å². The van der Waals surface area contributed by atoms with Gasteiger partial charge in [-0.3, -0.25) is 0 Å². The number of hydrogen-bond donors (Lipinski definition) is 1. The number of nitrogens with one attached hydrogen (secondary N) is 1. The Bertz CT molecular complexity index is 579. The average molecular weight is 278 g/mol. The Morgan fingerprint density at radius 2 is 2.17 bits per heavy atom. The molecule has 2 aromatic heterocycles. The second kappa shape index (κ2) is 4.85. The summed E-state index contributed by atoms with van der Waals surface area (Å²) in [6.45, 7) is 2.02. The summed E-state index contributed by atoms with van der Waals surface area (Å²) in [7, 11) is 1.92. The Hall–Kier alpha value is -1.14. The first-order valence-electron chi connectivity index (χ1n) is 5.81. The lowest BCUT2D eigenvalue weighted by atomic mass is 10.2. The molecule has 1 aliphatic heterocycles. The third-order valence-corrected chi connectivity index (χ3v) is 4.66. The highest BCUT2D eigenvalue weighted by atomic mass is 32.2. The van der Waals surface area contributed by atoms with Crippen LogP contribution in [-0.2, 0) is 17.9 Å². The second-order valence-electron chi connectivity index (χ2n) is 4.19. The van der Waals surface area contributed by atoms with Gasteiger partial charge in [0.25, 0.3) is 0 Å². The van der Waals surface area contributed by atoms with Crippen LogP contribution in [0.1, 0.15) is 27.8 Å². The van der Waals surface area contributed by atoms with E-state index in [0.717, 1.165) is 40.3 Å². The number of aromatic nitrogens is 3. The van der Waals surface area contributed by atoms with E-state index in [4.69, 9.17) is 0 Å². The molecule has 3 heterocycles. The molecule has 0 radical (unpaired) electrons. The maximum absolute atomic E-state index is 4.66. The molecular formula is C12H14N4S2. The Kier molecular flexibility index (Phi) is 3.22. The highest BCUT2D eigenvalue weighted by Gasteiger charge is 2.19. The second-order valence-corrected chi connectivity index (χ2v) is 6.24. The van der Waals surface area contributed by atoms with E-state index in [0.29, 0.717) is 0 Å². The van der Waals surface area contributed by atoms with Gasteiger partial charge in [-0.25, -0.2) is 15.0 Å². The van der Waals surface area contributed by atoms with Crippen molar-refractivity contribution in [1.29, 1.82) is 0 Å². The molecule has 4 nitrogen and oxygen atoms in total. The number of fused-ring (bicyclic) bond motifs is 1. The van der Waals surface area contributed by atoms with Gasteiger partial charge < -0.3 is 5.32 Å². The van der Waals surface area contributed by atoms with Gasteiger partial charge in [0, 0.05) is 29.5 Å². The van der Waals surface area contributed by atoms with Crippen molar-refractivity contribution in [3.05, 3.63) is 33.2 Å². The lowest BCUT2D eigenvalue weighted by molar-refractivity contribution is 0.910. The van der Waals surface area contributed by atoms with Gasteiger partial charge in [-0.2, -0.15) is 11.8 Å². The molecule has 0 saturated carbocycles. The first-order chi connectivity index (χ1) is 8.76. The zero-order chi connectivity index (χ0) is 12.5. The summed E-state index contributed by atoms with van der Waals surface area (Å²) in [5, 5.41) is 6.35. The molecule has 0 amide bonds. The van der Waals surface area contributed by atoms with Gasteiger partial charge >= 0.3 is 0 Å². The number of hydrogen-bond acceptors (Lipinski definition) is 6. The molecule has 1 aliphatic rings. The van der Waals surface area contributed by atoms with E-state index in [1.165, 1.54) is 11.3 Å². The predicted octanol–water partition coefficient (Wildman–Crippen LogP) is 2.62. The summed E-state index contributed by atoms with van der Waals surface area (Å²) < 4.78 is 0. The van der Waals surface area contributed by atoms with E-state index in [9.17, 15) is 0 Å². The van der Waals surface area contributed by atoms with Crippen LogP contribution in [-0.4, -0.2) is 22.0 Å². The Morgan fingerprint density at radius 3 is 2.89 bits per heavy atom. The quantitative estimate of drug-likeness (QED) is 0.935. The normalized spacial score (nSPS) is 13.7. The van der Waals surface area contributed by atoms with Crippen LogP contribution in [0.4, 0.5) is 5.82 Å². The predicted molar refractivity (Wildman–Crippen MR) is 76.2 cm³/mol. The maximum Gasteiger partial charge on any atom is 0.137 e. The highest BCUT2D eigenvalue weighted by Crippen LogP contribution is 2.32. The number of nitrogens with zero attached hydrogens (tertiary/aromatic N) is 3. The van der Waals surface area contributed by atoms with Gasteiger partial charge in [-0.15, -0.1) is 11.3 Å². The van der Waals surface area contributed by atoms with E-state index in [-0.39, 0.29) is 0 Å². The Labute approximate surface area is 114 Å². The molecule has 0 atom stereocenters. The SMILES string of the molecule is CNc1nc(Cc2csc(C)n2)nc2c1CSC2. The summed E-state index contributed by atoms with van der Waals surface area (Å²) in [5.41, 5.74) is 3.51. The van der Waals surface area contributed by atoms with Crippen molar-refractivity contribution in [1.82, 2.24) is 15.0 Å². The van der Waals surface area contributed by atoms with Crippen LogP contribution in [0.2, 0.25) is 0 Å². The lowest BCUT2D eigenvalue weighted by Crippen LogP contribution is -2.06. The molecule has 6 heteroatoms. The van der Waals surface area contributed by atoms with E-state index in [2.05, 4.69) is 25.6 Å². The zero-order valence-electron chi connectivity index (χ0n) is 10.4. The Morgan fingerprint density at radius 1 is 1.28 bits per heavy atom. The van der Waals surface area contributed by atoms with Crippen molar-refractivity contribution in [2.75, 3.05) is 12.4 Å². The van der Waals surface area contributed by atoms with Crippen molar-refractivity contribution in [3.8, 4) is 0 Å². The fourth-order valence-electron chi connectivity index (χ4n) is 2.04. The summed E-state index contributed by atoms with van der Waals surface area (Å²) in [6, 6.07) is 0.